The molecule has 0 aliphatic carbocycles. The normalized spacial score (nSPS) is 11.9. The van der Waals surface area contributed by atoms with Gasteiger partial charge in [0.25, 0.3) is 0 Å². The van der Waals surface area contributed by atoms with Crippen LogP contribution < -0.4 is 5.63 Å². The quantitative estimate of drug-likeness (QED) is 0.683. The van der Waals surface area contributed by atoms with Crippen LogP contribution in [-0.2, 0) is 6.18 Å². The molecule has 102 valence electrons. The van der Waals surface area contributed by atoms with Crippen LogP contribution in [0, 0.1) is 0 Å². The van der Waals surface area contributed by atoms with Crippen LogP contribution in [0.3, 0.4) is 0 Å². The fourth-order valence-electron chi connectivity index (χ4n) is 1.75. The average Bonchev–Trinajstić information content (AvgIpc) is 2.91. The van der Waals surface area contributed by atoms with E-state index in [0.29, 0.717) is 4.88 Å². The molecule has 2 heterocycles. The van der Waals surface area contributed by atoms with Gasteiger partial charge >= 0.3 is 11.8 Å². The van der Waals surface area contributed by atoms with E-state index in [4.69, 9.17) is 4.42 Å². The molecule has 20 heavy (non-hydrogen) atoms. The van der Waals surface area contributed by atoms with Gasteiger partial charge in [0.15, 0.2) is 0 Å². The molecule has 0 saturated heterocycles. The molecular weight excluding hydrogens is 291 g/mol. The van der Waals surface area contributed by atoms with Gasteiger partial charge in [0.1, 0.15) is 0 Å². The fraction of sp³-hybridized carbons (Fsp3) is 0.0769. The SMILES string of the molecule is O=c1oc(-c2cccs2)nc2ccc(C(F)(F)F)cc12. The Morgan fingerprint density at radius 2 is 2.00 bits per heavy atom. The van der Waals surface area contributed by atoms with Gasteiger partial charge in [-0.15, -0.1) is 11.3 Å². The van der Waals surface area contributed by atoms with E-state index in [1.807, 2.05) is 0 Å². The number of nitrogens with zero attached hydrogens (tertiary/aromatic N) is 1. The molecule has 0 radical (unpaired) electrons. The summed E-state index contributed by atoms with van der Waals surface area (Å²) in [5.41, 5.74) is -1.55. The molecule has 3 nitrogen and oxygen atoms in total. The van der Waals surface area contributed by atoms with Gasteiger partial charge < -0.3 is 4.42 Å². The van der Waals surface area contributed by atoms with Crippen molar-refractivity contribution >= 4 is 22.2 Å². The monoisotopic (exact) mass is 297 g/mol. The molecule has 7 heteroatoms. The molecule has 0 amide bonds. The number of rotatable bonds is 1. The smallest absolute Gasteiger partial charge is 0.402 e. The molecule has 0 atom stereocenters. The van der Waals surface area contributed by atoms with E-state index in [0.717, 1.165) is 12.1 Å². The summed E-state index contributed by atoms with van der Waals surface area (Å²) in [5, 5.41) is 1.61. The van der Waals surface area contributed by atoms with E-state index in [2.05, 4.69) is 4.98 Å². The third-order valence-corrected chi connectivity index (χ3v) is 3.54. The van der Waals surface area contributed by atoms with E-state index in [1.54, 1.807) is 17.5 Å². The maximum absolute atomic E-state index is 12.6. The molecule has 2 aromatic heterocycles. The molecule has 3 rings (SSSR count). The number of halogens is 3. The summed E-state index contributed by atoms with van der Waals surface area (Å²) >= 11 is 1.33. The third-order valence-electron chi connectivity index (χ3n) is 2.69. The molecule has 0 spiro atoms. The summed E-state index contributed by atoms with van der Waals surface area (Å²) in [7, 11) is 0. The lowest BCUT2D eigenvalue weighted by molar-refractivity contribution is -0.137. The highest BCUT2D eigenvalue weighted by Crippen LogP contribution is 2.31. The number of thiophene rings is 1. The molecule has 3 aromatic rings. The van der Waals surface area contributed by atoms with Crippen LogP contribution in [0.15, 0.2) is 44.9 Å². The van der Waals surface area contributed by atoms with E-state index < -0.39 is 17.4 Å². The number of fused-ring (bicyclic) bond motifs is 1. The van der Waals surface area contributed by atoms with E-state index >= 15 is 0 Å². The van der Waals surface area contributed by atoms with Crippen molar-refractivity contribution in [2.24, 2.45) is 0 Å². The Hall–Kier alpha value is -2.15. The third kappa shape index (κ3) is 2.20. The maximum Gasteiger partial charge on any atom is 0.416 e. The number of hydrogen-bond acceptors (Lipinski definition) is 4. The van der Waals surface area contributed by atoms with Crippen molar-refractivity contribution in [1.82, 2.24) is 4.98 Å². The zero-order valence-corrected chi connectivity index (χ0v) is 10.6. The highest BCUT2D eigenvalue weighted by molar-refractivity contribution is 7.13. The number of hydrogen-bond donors (Lipinski definition) is 0. The summed E-state index contributed by atoms with van der Waals surface area (Å²) in [4.78, 5) is 16.5. The summed E-state index contributed by atoms with van der Waals surface area (Å²) < 4.78 is 42.8. The van der Waals surface area contributed by atoms with Gasteiger partial charge in [0.05, 0.1) is 21.3 Å². The first-order valence-corrected chi connectivity index (χ1v) is 6.39. The van der Waals surface area contributed by atoms with Crippen LogP contribution in [0.1, 0.15) is 5.56 Å². The molecule has 0 fully saturated rings. The summed E-state index contributed by atoms with van der Waals surface area (Å²) in [6.07, 6.45) is -4.51. The van der Waals surface area contributed by atoms with E-state index in [1.165, 1.54) is 17.4 Å². The van der Waals surface area contributed by atoms with Crippen LogP contribution in [-0.4, -0.2) is 4.98 Å². The number of aromatic nitrogens is 1. The number of benzene rings is 1. The van der Waals surface area contributed by atoms with Crippen molar-refractivity contribution in [3.05, 3.63) is 51.7 Å². The van der Waals surface area contributed by atoms with E-state index in [-0.39, 0.29) is 16.8 Å². The largest absolute Gasteiger partial charge is 0.416 e. The predicted molar refractivity (Wildman–Crippen MR) is 68.6 cm³/mol. The summed E-state index contributed by atoms with van der Waals surface area (Å²) in [6, 6.07) is 6.30. The zero-order chi connectivity index (χ0) is 14.3. The molecule has 0 aliphatic heterocycles. The highest BCUT2D eigenvalue weighted by atomic mass is 32.1. The zero-order valence-electron chi connectivity index (χ0n) is 9.77. The molecule has 0 aliphatic rings. The van der Waals surface area contributed by atoms with Crippen molar-refractivity contribution in [3.63, 3.8) is 0 Å². The topological polar surface area (TPSA) is 43.1 Å². The second kappa shape index (κ2) is 4.45. The Bertz CT molecular complexity index is 822. The molecule has 0 bridgehead atoms. The second-order valence-electron chi connectivity index (χ2n) is 4.01. The Kier molecular flexibility index (Phi) is 2.86. The van der Waals surface area contributed by atoms with Gasteiger partial charge in [-0.25, -0.2) is 9.78 Å². The number of alkyl halides is 3. The van der Waals surface area contributed by atoms with E-state index in [9.17, 15) is 18.0 Å². The van der Waals surface area contributed by atoms with Crippen molar-refractivity contribution in [3.8, 4) is 10.8 Å². The minimum Gasteiger partial charge on any atom is -0.402 e. The van der Waals surface area contributed by atoms with Crippen LogP contribution in [0.2, 0.25) is 0 Å². The summed E-state index contributed by atoms with van der Waals surface area (Å²) in [6.45, 7) is 0. The average molecular weight is 297 g/mol. The van der Waals surface area contributed by atoms with Crippen LogP contribution in [0.5, 0.6) is 0 Å². The molecule has 1 aromatic carbocycles. The fourth-order valence-corrected chi connectivity index (χ4v) is 2.40. The molecular formula is C13H6F3NO2S. The second-order valence-corrected chi connectivity index (χ2v) is 4.96. The minimum absolute atomic E-state index is 0.109. The van der Waals surface area contributed by atoms with Crippen LogP contribution in [0.4, 0.5) is 13.2 Å². The van der Waals surface area contributed by atoms with Crippen LogP contribution >= 0.6 is 11.3 Å². The predicted octanol–water partition coefficient (Wildman–Crippen LogP) is 3.94. The molecule has 0 N–H and O–H groups in total. The summed E-state index contributed by atoms with van der Waals surface area (Å²) in [5.74, 6) is 0.109. The lowest BCUT2D eigenvalue weighted by atomic mass is 10.1. The van der Waals surface area contributed by atoms with Gasteiger partial charge in [-0.05, 0) is 29.6 Å². The van der Waals surface area contributed by atoms with Gasteiger partial charge in [-0.1, -0.05) is 6.07 Å². The van der Waals surface area contributed by atoms with Gasteiger partial charge in [0, 0.05) is 0 Å². The first-order chi connectivity index (χ1) is 9.45. The first-order valence-electron chi connectivity index (χ1n) is 5.51. The lowest BCUT2D eigenvalue weighted by Gasteiger charge is -2.07. The van der Waals surface area contributed by atoms with Crippen molar-refractivity contribution in [2.45, 2.75) is 6.18 Å². The minimum atomic E-state index is -4.51. The molecule has 0 saturated carbocycles. The van der Waals surface area contributed by atoms with Crippen molar-refractivity contribution < 1.29 is 17.6 Å². The maximum atomic E-state index is 12.6. The Labute approximate surface area is 114 Å². The van der Waals surface area contributed by atoms with Gasteiger partial charge in [-0.2, -0.15) is 13.2 Å². The Morgan fingerprint density at radius 3 is 2.65 bits per heavy atom. The first kappa shape index (κ1) is 12.9. The van der Waals surface area contributed by atoms with Crippen molar-refractivity contribution in [1.29, 1.82) is 0 Å². The van der Waals surface area contributed by atoms with Crippen molar-refractivity contribution in [2.75, 3.05) is 0 Å². The Balaban J connectivity index is 2.23. The standard InChI is InChI=1S/C13H6F3NO2S/c14-13(15,16)7-3-4-9-8(6-7)12(18)19-11(17-9)10-2-1-5-20-10/h1-6H. The molecule has 0 unspecified atom stereocenters. The lowest BCUT2D eigenvalue weighted by Crippen LogP contribution is -2.08. The van der Waals surface area contributed by atoms with Crippen LogP contribution in [0.25, 0.3) is 21.7 Å². The highest BCUT2D eigenvalue weighted by Gasteiger charge is 2.31. The van der Waals surface area contributed by atoms with Gasteiger partial charge in [-0.3, -0.25) is 0 Å². The van der Waals surface area contributed by atoms with Gasteiger partial charge in [0.2, 0.25) is 5.89 Å². The Morgan fingerprint density at radius 1 is 1.20 bits per heavy atom.